The molecular weight excluding hydrogens is 403 g/mol. The number of halogens is 3. The molecule has 160 valence electrons. The van der Waals surface area contributed by atoms with Gasteiger partial charge in [-0.1, -0.05) is 0 Å². The van der Waals surface area contributed by atoms with Gasteiger partial charge in [-0.2, -0.15) is 18.2 Å². The summed E-state index contributed by atoms with van der Waals surface area (Å²) in [6, 6.07) is 4.88. The van der Waals surface area contributed by atoms with Gasteiger partial charge in [0.25, 0.3) is 5.91 Å². The number of anilines is 3. The number of ether oxygens (including phenoxy) is 2. The van der Waals surface area contributed by atoms with Gasteiger partial charge in [-0.15, -0.1) is 0 Å². The number of aromatic nitrogens is 2. The first-order valence-corrected chi connectivity index (χ1v) is 9.40. The molecule has 1 amide bonds. The van der Waals surface area contributed by atoms with Crippen LogP contribution < -0.4 is 15.4 Å². The zero-order valence-electron chi connectivity index (χ0n) is 16.1. The van der Waals surface area contributed by atoms with E-state index in [2.05, 4.69) is 20.6 Å². The number of hydrogen-bond acceptors (Lipinski definition) is 7. The fourth-order valence-electron chi connectivity index (χ4n) is 3.07. The first-order valence-electron chi connectivity index (χ1n) is 9.40. The maximum atomic E-state index is 13.3. The molecule has 1 aromatic carbocycles. The van der Waals surface area contributed by atoms with Crippen molar-refractivity contribution in [1.82, 2.24) is 14.9 Å². The minimum atomic E-state index is -4.60. The van der Waals surface area contributed by atoms with Crippen LogP contribution in [0.25, 0.3) is 0 Å². The van der Waals surface area contributed by atoms with Gasteiger partial charge in [0.1, 0.15) is 23.2 Å². The molecule has 11 heteroatoms. The Hall–Kier alpha value is -3.08. The Bertz CT molecular complexity index is 949. The number of carbonyl (C=O) groups is 1. The van der Waals surface area contributed by atoms with Crippen molar-refractivity contribution in [2.75, 3.05) is 44.0 Å². The van der Waals surface area contributed by atoms with E-state index < -0.39 is 11.7 Å². The van der Waals surface area contributed by atoms with Gasteiger partial charge in [0.15, 0.2) is 0 Å². The molecule has 1 saturated heterocycles. The fourth-order valence-corrected chi connectivity index (χ4v) is 3.07. The molecule has 3 heterocycles. The fraction of sp³-hybridized carbons (Fsp3) is 0.421. The zero-order chi connectivity index (χ0) is 21.3. The van der Waals surface area contributed by atoms with E-state index in [1.807, 2.05) is 0 Å². The average molecular weight is 423 g/mol. The van der Waals surface area contributed by atoms with Crippen LogP contribution in [0.4, 0.5) is 30.6 Å². The third kappa shape index (κ3) is 4.25. The van der Waals surface area contributed by atoms with E-state index in [0.717, 1.165) is 6.20 Å². The van der Waals surface area contributed by atoms with E-state index in [9.17, 15) is 18.0 Å². The van der Waals surface area contributed by atoms with E-state index in [-0.39, 0.29) is 30.3 Å². The summed E-state index contributed by atoms with van der Waals surface area (Å²) >= 11 is 0. The second-order valence-corrected chi connectivity index (χ2v) is 7.07. The van der Waals surface area contributed by atoms with Crippen LogP contribution in [0.15, 0.2) is 24.4 Å². The lowest BCUT2D eigenvalue weighted by Crippen LogP contribution is -2.38. The molecule has 4 bridgehead atoms. The second kappa shape index (κ2) is 7.98. The standard InChI is InChI=1S/C19H20F3N5O3/c1-27-6-2-5-23-16-13(19(20,21)22)8-24-18(26-16)25-14-7-11(17(27)28)3-4-15(14)30-12-9-29-10-12/h3-4,7-8,12H,2,5-6,9-10H2,1H3,(H2,23,24,25,26). The molecule has 0 spiro atoms. The van der Waals surface area contributed by atoms with E-state index >= 15 is 0 Å². The second-order valence-electron chi connectivity index (χ2n) is 7.07. The molecule has 2 aliphatic heterocycles. The summed E-state index contributed by atoms with van der Waals surface area (Å²) in [7, 11) is 1.65. The largest absolute Gasteiger partial charge is 0.483 e. The quantitative estimate of drug-likeness (QED) is 0.768. The minimum Gasteiger partial charge on any atom is -0.483 e. The van der Waals surface area contributed by atoms with Gasteiger partial charge in [0.2, 0.25) is 5.95 Å². The molecule has 2 aromatic rings. The molecule has 2 N–H and O–H groups in total. The molecule has 0 saturated carbocycles. The summed E-state index contributed by atoms with van der Waals surface area (Å²) in [5.41, 5.74) is -0.160. The van der Waals surface area contributed by atoms with Crippen molar-refractivity contribution >= 4 is 23.4 Å². The van der Waals surface area contributed by atoms with Crippen LogP contribution in [0.2, 0.25) is 0 Å². The van der Waals surface area contributed by atoms with Gasteiger partial charge < -0.3 is 25.0 Å². The Morgan fingerprint density at radius 3 is 2.80 bits per heavy atom. The molecule has 1 aromatic heterocycles. The molecule has 0 atom stereocenters. The molecule has 0 aliphatic carbocycles. The van der Waals surface area contributed by atoms with Crippen LogP contribution in [-0.2, 0) is 10.9 Å². The molecule has 8 nitrogen and oxygen atoms in total. The van der Waals surface area contributed by atoms with Gasteiger partial charge in [-0.05, 0) is 24.6 Å². The number of fused-ring (bicyclic) bond motifs is 4. The lowest BCUT2D eigenvalue weighted by molar-refractivity contribution is -0.137. The summed E-state index contributed by atoms with van der Waals surface area (Å²) < 4.78 is 51.0. The first-order chi connectivity index (χ1) is 14.3. The lowest BCUT2D eigenvalue weighted by Gasteiger charge is -2.28. The lowest BCUT2D eigenvalue weighted by atomic mass is 10.1. The van der Waals surface area contributed by atoms with Gasteiger partial charge in [0, 0.05) is 31.9 Å². The Kier molecular flexibility index (Phi) is 5.37. The van der Waals surface area contributed by atoms with Gasteiger partial charge in [-0.3, -0.25) is 4.79 Å². The molecular formula is C19H20F3N5O3. The van der Waals surface area contributed by atoms with Crippen molar-refractivity contribution in [2.45, 2.75) is 18.7 Å². The summed E-state index contributed by atoms with van der Waals surface area (Å²) in [6.07, 6.45) is -3.55. The normalized spacial score (nSPS) is 17.6. The molecule has 0 radical (unpaired) electrons. The van der Waals surface area contributed by atoms with E-state index in [0.29, 0.717) is 43.2 Å². The number of benzene rings is 1. The van der Waals surface area contributed by atoms with Gasteiger partial charge >= 0.3 is 6.18 Å². The number of hydrogen-bond donors (Lipinski definition) is 2. The van der Waals surface area contributed by atoms with Crippen molar-refractivity contribution in [1.29, 1.82) is 0 Å². The average Bonchev–Trinajstić information content (AvgIpc) is 2.67. The number of rotatable bonds is 2. The number of carbonyl (C=O) groups excluding carboxylic acids is 1. The van der Waals surface area contributed by atoms with Crippen LogP contribution in [0.5, 0.6) is 5.75 Å². The minimum absolute atomic E-state index is 0.0441. The van der Waals surface area contributed by atoms with Crippen molar-refractivity contribution in [2.24, 2.45) is 0 Å². The SMILES string of the molecule is CN1CCCNc2nc(ncc2C(F)(F)F)Nc2cc(ccc2OC2COC2)C1=O. The highest BCUT2D eigenvalue weighted by Crippen LogP contribution is 2.35. The molecule has 4 rings (SSSR count). The highest BCUT2D eigenvalue weighted by Gasteiger charge is 2.35. The zero-order valence-corrected chi connectivity index (χ0v) is 16.1. The first kappa shape index (κ1) is 20.2. The van der Waals surface area contributed by atoms with E-state index in [4.69, 9.17) is 9.47 Å². The Labute approximate surface area is 170 Å². The van der Waals surface area contributed by atoms with Crippen LogP contribution in [0, 0.1) is 0 Å². The van der Waals surface area contributed by atoms with Crippen LogP contribution in [-0.4, -0.2) is 60.2 Å². The Morgan fingerprint density at radius 1 is 1.30 bits per heavy atom. The van der Waals surface area contributed by atoms with Crippen molar-refractivity contribution in [3.05, 3.63) is 35.5 Å². The highest BCUT2D eigenvalue weighted by atomic mass is 19.4. The molecule has 1 fully saturated rings. The van der Waals surface area contributed by atoms with Gasteiger partial charge in [-0.25, -0.2) is 4.98 Å². The van der Waals surface area contributed by atoms with E-state index in [1.165, 1.54) is 4.90 Å². The summed E-state index contributed by atoms with van der Waals surface area (Å²) in [5, 5.41) is 5.60. The third-order valence-corrected chi connectivity index (χ3v) is 4.78. The highest BCUT2D eigenvalue weighted by molar-refractivity contribution is 5.95. The number of nitrogens with one attached hydrogen (secondary N) is 2. The van der Waals surface area contributed by atoms with Crippen LogP contribution in [0.3, 0.4) is 0 Å². The van der Waals surface area contributed by atoms with Crippen molar-refractivity contribution in [3.63, 3.8) is 0 Å². The summed E-state index contributed by atoms with van der Waals surface area (Å²) in [4.78, 5) is 22.1. The predicted molar refractivity (Wildman–Crippen MR) is 102 cm³/mol. The number of amides is 1. The third-order valence-electron chi connectivity index (χ3n) is 4.78. The van der Waals surface area contributed by atoms with Crippen LogP contribution >= 0.6 is 0 Å². The smallest absolute Gasteiger partial charge is 0.421 e. The number of alkyl halides is 3. The maximum absolute atomic E-state index is 13.3. The van der Waals surface area contributed by atoms with Gasteiger partial charge in [0.05, 0.1) is 18.9 Å². The van der Waals surface area contributed by atoms with Crippen LogP contribution in [0.1, 0.15) is 22.3 Å². The summed E-state index contributed by atoms with van der Waals surface area (Å²) in [5.74, 6) is -0.147. The van der Waals surface area contributed by atoms with Crippen molar-refractivity contribution in [3.8, 4) is 5.75 Å². The monoisotopic (exact) mass is 423 g/mol. The Morgan fingerprint density at radius 2 is 2.10 bits per heavy atom. The maximum Gasteiger partial charge on any atom is 0.421 e. The molecule has 2 aliphatic rings. The topological polar surface area (TPSA) is 88.6 Å². The van der Waals surface area contributed by atoms with Crippen molar-refractivity contribution < 1.29 is 27.4 Å². The molecule has 0 unspecified atom stereocenters. The Balaban J connectivity index is 1.74. The van der Waals surface area contributed by atoms with E-state index in [1.54, 1.807) is 25.2 Å². The predicted octanol–water partition coefficient (Wildman–Crippen LogP) is 2.90. The number of nitrogens with zero attached hydrogens (tertiary/aromatic N) is 3. The molecule has 30 heavy (non-hydrogen) atoms. The summed E-state index contributed by atoms with van der Waals surface area (Å²) in [6.45, 7) is 1.46.